The van der Waals surface area contributed by atoms with Crippen LogP contribution >= 0.6 is 0 Å². The number of nitrogens with one attached hydrogen (secondary N) is 1. The summed E-state index contributed by atoms with van der Waals surface area (Å²) >= 11 is 0. The minimum absolute atomic E-state index is 0.159. The van der Waals surface area contributed by atoms with Crippen LogP contribution in [-0.4, -0.2) is 14.2 Å². The highest BCUT2D eigenvalue weighted by Gasteiger charge is 2.41. The lowest BCUT2D eigenvalue weighted by molar-refractivity contribution is 0.224. The third-order valence-electron chi connectivity index (χ3n) is 3.72. The third kappa shape index (κ3) is 3.34. The van der Waals surface area contributed by atoms with Crippen molar-refractivity contribution in [2.45, 2.75) is 44.6 Å². The summed E-state index contributed by atoms with van der Waals surface area (Å²) in [5.74, 6) is -0.140. The second-order valence-corrected chi connectivity index (χ2v) is 7.06. The SMILES string of the molecule is CCCCS(=O)(=O)NC1(c2ccc(F)cc2)CCC1. The lowest BCUT2D eigenvalue weighted by Crippen LogP contribution is -2.51. The van der Waals surface area contributed by atoms with Crippen LogP contribution in [0.1, 0.15) is 44.6 Å². The van der Waals surface area contributed by atoms with E-state index in [9.17, 15) is 12.8 Å². The van der Waals surface area contributed by atoms with E-state index in [0.717, 1.165) is 31.2 Å². The molecule has 0 bridgehead atoms. The molecule has 1 aliphatic carbocycles. The standard InChI is InChI=1S/C14H20FNO2S/c1-2-3-11-19(17,18)16-14(9-4-10-14)12-5-7-13(15)8-6-12/h5-8,16H,2-4,9-11H2,1H3. The Bertz CT molecular complexity index is 521. The Morgan fingerprint density at radius 1 is 1.26 bits per heavy atom. The van der Waals surface area contributed by atoms with Gasteiger partial charge in [-0.15, -0.1) is 0 Å². The number of rotatable bonds is 6. The maximum absolute atomic E-state index is 13.0. The fourth-order valence-electron chi connectivity index (χ4n) is 2.43. The highest BCUT2D eigenvalue weighted by atomic mass is 32.2. The van der Waals surface area contributed by atoms with Crippen LogP contribution in [0.25, 0.3) is 0 Å². The molecule has 2 rings (SSSR count). The minimum Gasteiger partial charge on any atom is -0.212 e. The quantitative estimate of drug-likeness (QED) is 0.873. The van der Waals surface area contributed by atoms with Crippen LogP contribution in [-0.2, 0) is 15.6 Å². The van der Waals surface area contributed by atoms with Crippen LogP contribution in [0.4, 0.5) is 4.39 Å². The Morgan fingerprint density at radius 3 is 2.37 bits per heavy atom. The molecule has 0 atom stereocenters. The summed E-state index contributed by atoms with van der Waals surface area (Å²) in [7, 11) is -3.26. The van der Waals surface area contributed by atoms with E-state index in [2.05, 4.69) is 4.72 Å². The summed E-state index contributed by atoms with van der Waals surface area (Å²) in [4.78, 5) is 0. The number of benzene rings is 1. The minimum atomic E-state index is -3.26. The molecule has 1 aromatic carbocycles. The highest BCUT2D eigenvalue weighted by Crippen LogP contribution is 2.41. The summed E-state index contributed by atoms with van der Waals surface area (Å²) in [6.45, 7) is 1.97. The first-order valence-electron chi connectivity index (χ1n) is 6.75. The van der Waals surface area contributed by atoms with Gasteiger partial charge in [-0.1, -0.05) is 25.5 Å². The maximum atomic E-state index is 13.0. The van der Waals surface area contributed by atoms with Crippen LogP contribution in [0.3, 0.4) is 0 Å². The largest absolute Gasteiger partial charge is 0.212 e. The molecule has 0 saturated heterocycles. The van der Waals surface area contributed by atoms with Crippen LogP contribution in [0.2, 0.25) is 0 Å². The lowest BCUT2D eigenvalue weighted by atomic mass is 9.73. The average Bonchev–Trinajstić information content (AvgIpc) is 2.33. The van der Waals surface area contributed by atoms with Gasteiger partial charge in [-0.05, 0) is 43.4 Å². The van der Waals surface area contributed by atoms with Crippen molar-refractivity contribution in [3.63, 3.8) is 0 Å². The van der Waals surface area contributed by atoms with Crippen LogP contribution in [0.5, 0.6) is 0 Å². The predicted molar refractivity (Wildman–Crippen MR) is 73.8 cm³/mol. The maximum Gasteiger partial charge on any atom is 0.212 e. The van der Waals surface area contributed by atoms with Crippen molar-refractivity contribution in [1.82, 2.24) is 4.72 Å². The highest BCUT2D eigenvalue weighted by molar-refractivity contribution is 7.89. The topological polar surface area (TPSA) is 46.2 Å². The fraction of sp³-hybridized carbons (Fsp3) is 0.571. The van der Waals surface area contributed by atoms with Gasteiger partial charge in [0.15, 0.2) is 0 Å². The molecule has 19 heavy (non-hydrogen) atoms. The summed E-state index contributed by atoms with van der Waals surface area (Å²) in [6, 6.07) is 6.12. The van der Waals surface area contributed by atoms with Gasteiger partial charge in [0, 0.05) is 0 Å². The van der Waals surface area contributed by atoms with Gasteiger partial charge in [0.2, 0.25) is 10.0 Å². The van der Waals surface area contributed by atoms with Crippen molar-refractivity contribution in [2.75, 3.05) is 5.75 Å². The molecule has 0 aromatic heterocycles. The first-order chi connectivity index (χ1) is 8.97. The first kappa shape index (κ1) is 14.5. The lowest BCUT2D eigenvalue weighted by Gasteiger charge is -2.42. The fourth-order valence-corrected chi connectivity index (χ4v) is 4.12. The van der Waals surface area contributed by atoms with Crippen LogP contribution in [0, 0.1) is 5.82 Å². The summed E-state index contributed by atoms with van der Waals surface area (Å²) < 4.78 is 39.9. The number of hydrogen-bond donors (Lipinski definition) is 1. The van der Waals surface area contributed by atoms with Gasteiger partial charge in [0.05, 0.1) is 11.3 Å². The first-order valence-corrected chi connectivity index (χ1v) is 8.40. The van der Waals surface area contributed by atoms with Gasteiger partial charge in [-0.3, -0.25) is 0 Å². The van der Waals surface area contributed by atoms with Gasteiger partial charge in [-0.2, -0.15) is 0 Å². The Morgan fingerprint density at radius 2 is 1.89 bits per heavy atom. The second kappa shape index (κ2) is 5.59. The molecular formula is C14H20FNO2S. The van der Waals surface area contributed by atoms with Crippen molar-refractivity contribution < 1.29 is 12.8 Å². The molecule has 1 saturated carbocycles. The van der Waals surface area contributed by atoms with E-state index in [-0.39, 0.29) is 11.6 Å². The number of hydrogen-bond acceptors (Lipinski definition) is 2. The zero-order chi connectivity index (χ0) is 13.9. The molecule has 0 radical (unpaired) electrons. The molecule has 1 aromatic rings. The van der Waals surface area contributed by atoms with Crippen molar-refractivity contribution in [1.29, 1.82) is 0 Å². The zero-order valence-electron chi connectivity index (χ0n) is 11.2. The van der Waals surface area contributed by atoms with E-state index < -0.39 is 15.6 Å². The summed E-state index contributed by atoms with van der Waals surface area (Å²) in [5, 5.41) is 0. The smallest absolute Gasteiger partial charge is 0.212 e. The Kier molecular flexibility index (Phi) is 4.26. The van der Waals surface area contributed by atoms with Crippen molar-refractivity contribution in [2.24, 2.45) is 0 Å². The molecule has 5 heteroatoms. The molecule has 3 nitrogen and oxygen atoms in total. The van der Waals surface area contributed by atoms with E-state index in [4.69, 9.17) is 0 Å². The number of sulfonamides is 1. The van der Waals surface area contributed by atoms with E-state index in [0.29, 0.717) is 6.42 Å². The van der Waals surface area contributed by atoms with Crippen LogP contribution in [0.15, 0.2) is 24.3 Å². The number of unbranched alkanes of at least 4 members (excludes halogenated alkanes) is 1. The third-order valence-corrected chi connectivity index (χ3v) is 5.25. The molecule has 0 amide bonds. The molecule has 0 heterocycles. The van der Waals surface area contributed by atoms with Gasteiger partial charge in [0.1, 0.15) is 5.82 Å². The molecule has 1 fully saturated rings. The van der Waals surface area contributed by atoms with Gasteiger partial charge in [0.25, 0.3) is 0 Å². The van der Waals surface area contributed by atoms with E-state index in [1.165, 1.54) is 12.1 Å². The normalized spacial score (nSPS) is 18.0. The van der Waals surface area contributed by atoms with Gasteiger partial charge in [-0.25, -0.2) is 17.5 Å². The number of halogens is 1. The van der Waals surface area contributed by atoms with Crippen molar-refractivity contribution >= 4 is 10.0 Å². The van der Waals surface area contributed by atoms with E-state index in [1.54, 1.807) is 12.1 Å². The molecule has 1 N–H and O–H groups in total. The van der Waals surface area contributed by atoms with Gasteiger partial charge >= 0.3 is 0 Å². The van der Waals surface area contributed by atoms with Crippen LogP contribution < -0.4 is 4.72 Å². The molecule has 0 spiro atoms. The molecule has 1 aliphatic rings. The Balaban J connectivity index is 2.17. The van der Waals surface area contributed by atoms with Gasteiger partial charge < -0.3 is 0 Å². The van der Waals surface area contributed by atoms with E-state index >= 15 is 0 Å². The second-order valence-electron chi connectivity index (χ2n) is 5.22. The van der Waals surface area contributed by atoms with E-state index in [1.807, 2.05) is 6.92 Å². The summed E-state index contributed by atoms with van der Waals surface area (Å²) in [5.41, 5.74) is 0.348. The Labute approximate surface area is 114 Å². The average molecular weight is 285 g/mol. The molecule has 0 aliphatic heterocycles. The molecule has 0 unspecified atom stereocenters. The monoisotopic (exact) mass is 285 g/mol. The summed E-state index contributed by atoms with van der Waals surface area (Å²) in [6.07, 6.45) is 4.07. The Hall–Kier alpha value is -0.940. The predicted octanol–water partition coefficient (Wildman–Crippen LogP) is 2.92. The zero-order valence-corrected chi connectivity index (χ0v) is 12.0. The molecular weight excluding hydrogens is 265 g/mol. The molecule has 106 valence electrons. The van der Waals surface area contributed by atoms with Crippen molar-refractivity contribution in [3.05, 3.63) is 35.6 Å². The van der Waals surface area contributed by atoms with Crippen molar-refractivity contribution in [3.8, 4) is 0 Å².